The number of aromatic nitrogens is 1. The Balaban J connectivity index is 0.00000148. The number of hydrogen-bond donors (Lipinski definition) is 5. The van der Waals surface area contributed by atoms with Crippen LogP contribution < -0.4 is 20.3 Å². The summed E-state index contributed by atoms with van der Waals surface area (Å²) in [6, 6.07) is 20.8. The van der Waals surface area contributed by atoms with Gasteiger partial charge in [-0.1, -0.05) is 49.4 Å². The number of fused-ring (bicyclic) bond motifs is 1. The smallest absolute Gasteiger partial charge is 0.290 e. The highest BCUT2D eigenvalue weighted by molar-refractivity contribution is 6.08. The van der Waals surface area contributed by atoms with Crippen LogP contribution in [-0.4, -0.2) is 65.8 Å². The summed E-state index contributed by atoms with van der Waals surface area (Å²) >= 11 is 0. The molecule has 2 atom stereocenters. The summed E-state index contributed by atoms with van der Waals surface area (Å²) in [7, 11) is 1.64. The molecule has 1 saturated heterocycles. The van der Waals surface area contributed by atoms with Crippen LogP contribution >= 0.6 is 0 Å². The SMILES string of the molecule is CCc1c[nH]c2c(N3CCCCC3=O)cc(C(=O)N[C@@H](Cc3ccccc3)[C@H](O)CNCc3cccc(OC)c3)cc12.O=CO. The molecule has 45 heavy (non-hydrogen) atoms. The van der Waals surface area contributed by atoms with Gasteiger partial charge in [0.2, 0.25) is 5.91 Å². The number of ether oxygens (including phenoxy) is 1. The number of aliphatic hydroxyl groups excluding tert-OH is 1. The molecule has 238 valence electrons. The molecule has 1 aliphatic rings. The van der Waals surface area contributed by atoms with E-state index >= 15 is 0 Å². The molecule has 5 rings (SSSR count). The topological polar surface area (TPSA) is 144 Å². The molecular formula is C35H42N4O6. The number of aliphatic hydroxyl groups is 1. The lowest BCUT2D eigenvalue weighted by atomic mass is 9.99. The van der Waals surface area contributed by atoms with E-state index in [9.17, 15) is 14.7 Å². The molecule has 0 bridgehead atoms. The maximum atomic E-state index is 13.8. The first-order valence-corrected chi connectivity index (χ1v) is 15.3. The number of carboxylic acid groups (broad SMARTS) is 1. The highest BCUT2D eigenvalue weighted by Crippen LogP contribution is 2.33. The number of carbonyl (C=O) groups is 3. The van der Waals surface area contributed by atoms with Crippen LogP contribution in [0, 0.1) is 0 Å². The molecule has 2 heterocycles. The van der Waals surface area contributed by atoms with Gasteiger partial charge >= 0.3 is 0 Å². The van der Waals surface area contributed by atoms with E-state index in [2.05, 4.69) is 22.5 Å². The molecule has 1 aliphatic heterocycles. The highest BCUT2D eigenvalue weighted by atomic mass is 16.5. The third kappa shape index (κ3) is 8.71. The fourth-order valence-corrected chi connectivity index (χ4v) is 5.66. The lowest BCUT2D eigenvalue weighted by Gasteiger charge is -2.28. The summed E-state index contributed by atoms with van der Waals surface area (Å²) in [6.45, 7) is 3.30. The van der Waals surface area contributed by atoms with Crippen molar-refractivity contribution in [3.8, 4) is 5.75 Å². The van der Waals surface area contributed by atoms with Gasteiger partial charge in [-0.25, -0.2) is 0 Å². The van der Waals surface area contributed by atoms with E-state index in [1.54, 1.807) is 12.0 Å². The fraction of sp³-hybridized carbons (Fsp3) is 0.343. The highest BCUT2D eigenvalue weighted by Gasteiger charge is 2.26. The Labute approximate surface area is 263 Å². The molecule has 0 spiro atoms. The van der Waals surface area contributed by atoms with E-state index in [0.717, 1.165) is 58.3 Å². The summed E-state index contributed by atoms with van der Waals surface area (Å²) in [6.07, 6.45) is 4.71. The molecule has 5 N–H and O–H groups in total. The fourth-order valence-electron chi connectivity index (χ4n) is 5.66. The number of benzene rings is 3. The average Bonchev–Trinajstić information content (AvgIpc) is 3.48. The van der Waals surface area contributed by atoms with Gasteiger partial charge < -0.3 is 35.5 Å². The molecule has 0 aliphatic carbocycles. The van der Waals surface area contributed by atoms with Gasteiger partial charge in [0.25, 0.3) is 12.4 Å². The zero-order chi connectivity index (χ0) is 32.2. The number of aromatic amines is 1. The standard InChI is InChI=1S/C34H40N4O4.CH2O2/c1-3-25-21-36-33-28(25)18-26(19-30(33)38-15-8-7-14-32(38)40)34(41)37-29(17-23-10-5-4-6-11-23)31(39)22-35-20-24-12-9-13-27(16-24)42-2;2-1-3/h4-6,9-13,16,18-19,21,29,31,35-36,39H,3,7-8,14-15,17,20,22H2,1-2H3,(H,37,41);1H,(H,2,3)/t29-,31+;/m0./s1. The van der Waals surface area contributed by atoms with Crippen molar-refractivity contribution in [2.45, 2.75) is 57.7 Å². The molecule has 1 aromatic heterocycles. The van der Waals surface area contributed by atoms with Gasteiger partial charge in [-0.05, 0) is 66.6 Å². The van der Waals surface area contributed by atoms with E-state index in [1.807, 2.05) is 72.9 Å². The van der Waals surface area contributed by atoms with Crippen molar-refractivity contribution in [1.82, 2.24) is 15.6 Å². The van der Waals surface area contributed by atoms with Crippen molar-refractivity contribution in [3.63, 3.8) is 0 Å². The van der Waals surface area contributed by atoms with Gasteiger partial charge in [0.05, 0.1) is 30.5 Å². The molecule has 3 aromatic carbocycles. The first-order valence-electron chi connectivity index (χ1n) is 15.3. The van der Waals surface area contributed by atoms with Crippen molar-refractivity contribution in [3.05, 3.63) is 95.2 Å². The minimum absolute atomic E-state index is 0.0762. The van der Waals surface area contributed by atoms with E-state index < -0.39 is 12.1 Å². The average molecular weight is 615 g/mol. The molecule has 2 amide bonds. The second-order valence-electron chi connectivity index (χ2n) is 11.0. The molecule has 10 nitrogen and oxygen atoms in total. The predicted octanol–water partition coefficient (Wildman–Crippen LogP) is 4.45. The summed E-state index contributed by atoms with van der Waals surface area (Å²) in [5.74, 6) is 0.575. The summed E-state index contributed by atoms with van der Waals surface area (Å²) < 4.78 is 5.31. The number of hydrogen-bond acceptors (Lipinski definition) is 6. The monoisotopic (exact) mass is 614 g/mol. The number of nitrogens with one attached hydrogen (secondary N) is 3. The zero-order valence-electron chi connectivity index (χ0n) is 25.8. The van der Waals surface area contributed by atoms with Crippen LogP contribution in [-0.2, 0) is 29.0 Å². The number of piperidine rings is 1. The van der Waals surface area contributed by atoms with Crippen molar-refractivity contribution in [1.29, 1.82) is 0 Å². The van der Waals surface area contributed by atoms with E-state index in [-0.39, 0.29) is 18.3 Å². The Morgan fingerprint density at radius 3 is 2.56 bits per heavy atom. The quantitative estimate of drug-likeness (QED) is 0.148. The lowest BCUT2D eigenvalue weighted by molar-refractivity contribution is -0.123. The molecule has 1 fully saturated rings. The number of nitrogens with zero attached hydrogens (tertiary/aromatic N) is 1. The molecular weight excluding hydrogens is 572 g/mol. The molecule has 4 aromatic rings. The number of carbonyl (C=O) groups excluding carboxylic acids is 2. The minimum Gasteiger partial charge on any atom is -0.497 e. The van der Waals surface area contributed by atoms with Crippen molar-refractivity contribution in [2.75, 3.05) is 25.1 Å². The maximum absolute atomic E-state index is 13.8. The lowest BCUT2D eigenvalue weighted by Crippen LogP contribution is -2.48. The zero-order valence-corrected chi connectivity index (χ0v) is 25.8. The first kappa shape index (κ1) is 33.2. The van der Waals surface area contributed by atoms with Crippen LogP contribution in [0.2, 0.25) is 0 Å². The minimum atomic E-state index is -0.843. The number of anilines is 1. The summed E-state index contributed by atoms with van der Waals surface area (Å²) in [5.41, 5.74) is 5.23. The van der Waals surface area contributed by atoms with Crippen LogP contribution in [0.1, 0.15) is 53.2 Å². The van der Waals surface area contributed by atoms with Crippen LogP contribution in [0.25, 0.3) is 10.9 Å². The summed E-state index contributed by atoms with van der Waals surface area (Å²) in [5, 5.41) is 25.6. The summed E-state index contributed by atoms with van der Waals surface area (Å²) in [4.78, 5) is 40.2. The Hall–Kier alpha value is -4.67. The van der Waals surface area contributed by atoms with Crippen molar-refractivity contribution in [2.24, 2.45) is 0 Å². The van der Waals surface area contributed by atoms with Crippen LogP contribution in [0.15, 0.2) is 72.9 Å². The maximum Gasteiger partial charge on any atom is 0.290 e. The molecule has 10 heteroatoms. The van der Waals surface area contributed by atoms with Crippen LogP contribution in [0.4, 0.5) is 5.69 Å². The van der Waals surface area contributed by atoms with Crippen molar-refractivity contribution >= 4 is 34.9 Å². The number of H-pyrrole nitrogens is 1. The number of methoxy groups -OCH3 is 1. The third-order valence-corrected chi connectivity index (χ3v) is 8.01. The second-order valence-corrected chi connectivity index (χ2v) is 11.0. The Kier molecular flexibility index (Phi) is 12.1. The number of amides is 2. The van der Waals surface area contributed by atoms with Crippen molar-refractivity contribution < 1.29 is 29.3 Å². The normalized spacial score (nSPS) is 14.3. The number of rotatable bonds is 12. The van der Waals surface area contributed by atoms with E-state index in [0.29, 0.717) is 38.0 Å². The van der Waals surface area contributed by atoms with Gasteiger partial charge in [-0.3, -0.25) is 14.4 Å². The van der Waals surface area contributed by atoms with Gasteiger partial charge in [-0.2, -0.15) is 0 Å². The first-order chi connectivity index (χ1) is 21.9. The molecule has 0 unspecified atom stereocenters. The third-order valence-electron chi connectivity index (χ3n) is 8.01. The van der Waals surface area contributed by atoms with Gasteiger partial charge in [0.15, 0.2) is 0 Å². The molecule has 0 saturated carbocycles. The predicted molar refractivity (Wildman–Crippen MR) is 175 cm³/mol. The van der Waals surface area contributed by atoms with Crippen LogP contribution in [0.3, 0.4) is 0 Å². The second kappa shape index (κ2) is 16.4. The van der Waals surface area contributed by atoms with E-state index in [4.69, 9.17) is 14.6 Å². The van der Waals surface area contributed by atoms with Gasteiger partial charge in [-0.15, -0.1) is 0 Å². The van der Waals surface area contributed by atoms with Gasteiger partial charge in [0, 0.05) is 43.2 Å². The number of aryl methyl sites for hydroxylation is 1. The Bertz CT molecular complexity index is 1570. The Morgan fingerprint density at radius 1 is 1.09 bits per heavy atom. The van der Waals surface area contributed by atoms with Gasteiger partial charge in [0.1, 0.15) is 5.75 Å². The Morgan fingerprint density at radius 2 is 1.84 bits per heavy atom. The van der Waals surface area contributed by atoms with Crippen LogP contribution in [0.5, 0.6) is 5.75 Å². The molecule has 0 radical (unpaired) electrons. The van der Waals surface area contributed by atoms with E-state index in [1.165, 1.54) is 0 Å². The largest absolute Gasteiger partial charge is 0.497 e.